The van der Waals surface area contributed by atoms with E-state index in [1.807, 2.05) is 30.3 Å². The van der Waals surface area contributed by atoms with E-state index >= 15 is 0 Å². The van der Waals surface area contributed by atoms with Gasteiger partial charge in [-0.2, -0.15) is 0 Å². The summed E-state index contributed by atoms with van der Waals surface area (Å²) in [5.41, 5.74) is 5.12. The quantitative estimate of drug-likeness (QED) is 0.416. The Morgan fingerprint density at radius 3 is 2.77 bits per heavy atom. The smallest absolute Gasteiger partial charge is 0.221 e. The summed E-state index contributed by atoms with van der Waals surface area (Å²) in [5.74, 6) is 0. The molecule has 0 fully saturated rings. The van der Waals surface area contributed by atoms with Gasteiger partial charge in [0.05, 0.1) is 24.0 Å². The molecule has 0 aliphatic heterocycles. The Kier molecular flexibility index (Phi) is 4.37. The van der Waals surface area contributed by atoms with Gasteiger partial charge < -0.3 is 4.57 Å². The zero-order chi connectivity index (χ0) is 20.7. The molecule has 9 heteroatoms. The number of pyridine rings is 2. The molecule has 0 aliphatic rings. The molecule has 0 N–H and O–H groups in total. The maximum atomic E-state index is 12.4. The molecule has 30 heavy (non-hydrogen) atoms. The molecule has 5 aromatic rings. The minimum absolute atomic E-state index is 0.479. The summed E-state index contributed by atoms with van der Waals surface area (Å²) in [5, 5.41) is 9.44. The lowest BCUT2D eigenvalue weighted by Crippen LogP contribution is -2.08. The highest BCUT2D eigenvalue weighted by atomic mass is 31.2. The number of hydrogen-bond donors (Lipinski definition) is 0. The largest absolute Gasteiger partial charge is 0.318 e. The van der Waals surface area contributed by atoms with Crippen molar-refractivity contribution < 1.29 is 4.57 Å². The third kappa shape index (κ3) is 3.46. The van der Waals surface area contributed by atoms with Gasteiger partial charge in [0.15, 0.2) is 5.65 Å². The van der Waals surface area contributed by atoms with Crippen molar-refractivity contribution in [1.29, 1.82) is 0 Å². The summed E-state index contributed by atoms with van der Waals surface area (Å²) in [7, 11) is -2.47. The van der Waals surface area contributed by atoms with Crippen LogP contribution in [0, 0.1) is 0 Å². The predicted molar refractivity (Wildman–Crippen MR) is 116 cm³/mol. The fraction of sp³-hybridized carbons (Fsp3) is 0.143. The molecular formula is C21H18N7OP. The van der Waals surface area contributed by atoms with E-state index in [2.05, 4.69) is 31.3 Å². The zero-order valence-corrected chi connectivity index (χ0v) is 17.4. The normalized spacial score (nSPS) is 11.9. The highest BCUT2D eigenvalue weighted by Crippen LogP contribution is 2.34. The second-order valence-corrected chi connectivity index (χ2v) is 10.6. The van der Waals surface area contributed by atoms with Crippen LogP contribution >= 0.6 is 7.14 Å². The summed E-state index contributed by atoms with van der Waals surface area (Å²) < 4.78 is 14.1. The Morgan fingerprint density at radius 2 is 1.90 bits per heavy atom. The summed E-state index contributed by atoms with van der Waals surface area (Å²) in [6.45, 7) is 3.91. The first-order chi connectivity index (χ1) is 14.5. The maximum Gasteiger partial charge on any atom is 0.221 e. The molecule has 1 aromatic carbocycles. The molecule has 0 saturated heterocycles. The molecule has 0 unspecified atom stereocenters. The van der Waals surface area contributed by atoms with Gasteiger partial charge in [0.2, 0.25) is 5.65 Å². The highest BCUT2D eigenvalue weighted by Gasteiger charge is 2.15. The fourth-order valence-electron chi connectivity index (χ4n) is 3.27. The molecule has 5 rings (SSSR count). The zero-order valence-electron chi connectivity index (χ0n) is 16.5. The van der Waals surface area contributed by atoms with Crippen molar-refractivity contribution >= 4 is 34.8 Å². The van der Waals surface area contributed by atoms with Crippen LogP contribution in [0.25, 0.3) is 33.5 Å². The Hall–Kier alpha value is -3.51. The molecule has 148 valence electrons. The van der Waals surface area contributed by atoms with Crippen LogP contribution in [-0.4, -0.2) is 48.3 Å². The van der Waals surface area contributed by atoms with Crippen molar-refractivity contribution in [2.45, 2.75) is 6.54 Å². The molecule has 4 aromatic heterocycles. The van der Waals surface area contributed by atoms with Gasteiger partial charge in [0.25, 0.3) is 0 Å². The van der Waals surface area contributed by atoms with E-state index in [0.717, 1.165) is 22.0 Å². The van der Waals surface area contributed by atoms with Gasteiger partial charge in [-0.25, -0.2) is 14.6 Å². The van der Waals surface area contributed by atoms with Gasteiger partial charge in [0.1, 0.15) is 12.6 Å². The van der Waals surface area contributed by atoms with Crippen molar-refractivity contribution in [2.24, 2.45) is 0 Å². The first-order valence-corrected chi connectivity index (χ1v) is 12.0. The number of fused-ring (bicyclic) bond motifs is 2. The van der Waals surface area contributed by atoms with Crippen molar-refractivity contribution in [3.8, 4) is 11.3 Å². The Morgan fingerprint density at radius 1 is 1.00 bits per heavy atom. The van der Waals surface area contributed by atoms with Crippen molar-refractivity contribution in [1.82, 2.24) is 34.9 Å². The summed E-state index contributed by atoms with van der Waals surface area (Å²) in [6, 6.07) is 13.7. The van der Waals surface area contributed by atoms with E-state index in [9.17, 15) is 4.57 Å². The first kappa shape index (κ1) is 18.5. The number of aromatic nitrogens is 7. The molecule has 0 bridgehead atoms. The summed E-state index contributed by atoms with van der Waals surface area (Å²) >= 11 is 0. The van der Waals surface area contributed by atoms with Gasteiger partial charge in [0, 0.05) is 23.3 Å². The van der Waals surface area contributed by atoms with E-state index in [-0.39, 0.29) is 0 Å². The number of hydrogen-bond acceptors (Lipinski definition) is 7. The lowest BCUT2D eigenvalue weighted by atomic mass is 10.1. The van der Waals surface area contributed by atoms with E-state index < -0.39 is 7.14 Å². The fourth-order valence-corrected chi connectivity index (χ4v) is 4.06. The molecule has 0 radical (unpaired) electrons. The SMILES string of the molecule is CP(C)(=O)c1cc(-c2cnc3nnn(Cc4ccc5ncccc5c4)c3n2)ccn1. The topological polar surface area (TPSA) is 99.3 Å². The molecule has 0 amide bonds. The van der Waals surface area contributed by atoms with E-state index in [0.29, 0.717) is 29.0 Å². The minimum Gasteiger partial charge on any atom is -0.318 e. The Bertz CT molecular complexity index is 1440. The first-order valence-electron chi connectivity index (χ1n) is 9.39. The highest BCUT2D eigenvalue weighted by molar-refractivity contribution is 7.69. The molecule has 8 nitrogen and oxygen atoms in total. The lowest BCUT2D eigenvalue weighted by molar-refractivity contribution is 0.588. The Balaban J connectivity index is 1.54. The van der Waals surface area contributed by atoms with Gasteiger partial charge in [-0.3, -0.25) is 9.97 Å². The molecule has 0 spiro atoms. The summed E-state index contributed by atoms with van der Waals surface area (Å²) in [6.07, 6.45) is 5.08. The number of rotatable bonds is 4. The third-order valence-electron chi connectivity index (χ3n) is 4.82. The predicted octanol–water partition coefficient (Wildman–Crippen LogP) is 3.13. The second kappa shape index (κ2) is 7.07. The van der Waals surface area contributed by atoms with Crippen molar-refractivity contribution in [3.63, 3.8) is 0 Å². The van der Waals surface area contributed by atoms with Crippen LogP contribution in [0.15, 0.2) is 61.1 Å². The molecule has 0 atom stereocenters. The third-order valence-corrected chi connectivity index (χ3v) is 6.17. The standard InChI is InChI=1S/C21H18N7OP/c1-30(2,29)19-11-16(7-9-23-19)18-12-24-20-21(25-18)28(27-26-20)13-14-5-6-17-15(10-14)4-3-8-22-17/h3-12H,13H2,1-2H3. The average molecular weight is 415 g/mol. The lowest BCUT2D eigenvalue weighted by Gasteiger charge is -2.08. The van der Waals surface area contributed by atoms with E-state index in [1.54, 1.807) is 42.7 Å². The van der Waals surface area contributed by atoms with Crippen LogP contribution < -0.4 is 5.44 Å². The number of benzene rings is 1. The van der Waals surface area contributed by atoms with Crippen molar-refractivity contribution in [2.75, 3.05) is 13.3 Å². The second-order valence-electron chi connectivity index (χ2n) is 7.43. The van der Waals surface area contributed by atoms with Crippen molar-refractivity contribution in [3.05, 3.63) is 66.6 Å². The van der Waals surface area contributed by atoms with Gasteiger partial charge in [-0.15, -0.1) is 5.10 Å². The molecular weight excluding hydrogens is 397 g/mol. The van der Waals surface area contributed by atoms with Crippen LogP contribution in [0.1, 0.15) is 5.56 Å². The molecule has 0 aliphatic carbocycles. The average Bonchev–Trinajstić information content (AvgIpc) is 3.15. The van der Waals surface area contributed by atoms with Gasteiger partial charge >= 0.3 is 0 Å². The molecule has 0 saturated carbocycles. The maximum absolute atomic E-state index is 12.4. The van der Waals surface area contributed by atoms with Crippen LogP contribution in [0.5, 0.6) is 0 Å². The summed E-state index contributed by atoms with van der Waals surface area (Å²) in [4.78, 5) is 17.7. The van der Waals surface area contributed by atoms with Crippen LogP contribution in [-0.2, 0) is 11.1 Å². The van der Waals surface area contributed by atoms with Gasteiger partial charge in [-0.05, 0) is 49.2 Å². The monoisotopic (exact) mass is 415 g/mol. The Labute approximate surface area is 172 Å². The molecule has 4 heterocycles. The minimum atomic E-state index is -2.47. The van der Waals surface area contributed by atoms with Gasteiger partial charge in [-0.1, -0.05) is 17.3 Å². The number of nitrogens with zero attached hydrogens (tertiary/aromatic N) is 7. The van der Waals surface area contributed by atoms with E-state index in [1.165, 1.54) is 0 Å². The van der Waals surface area contributed by atoms with Crippen LogP contribution in [0.4, 0.5) is 0 Å². The van der Waals surface area contributed by atoms with E-state index in [4.69, 9.17) is 4.98 Å². The van der Waals surface area contributed by atoms with Crippen LogP contribution in [0.3, 0.4) is 0 Å². The van der Waals surface area contributed by atoms with Crippen LogP contribution in [0.2, 0.25) is 0 Å².